The normalized spacial score (nSPS) is 33.8. The van der Waals surface area contributed by atoms with E-state index in [1.54, 1.807) is 20.1 Å². The highest BCUT2D eigenvalue weighted by atomic mass is 16.5. The molecule has 0 aliphatic heterocycles. The zero-order valence-corrected chi connectivity index (χ0v) is 26.9. The molecule has 0 unspecified atom stereocenters. The minimum Gasteiger partial charge on any atom is -0.461 e. The van der Waals surface area contributed by atoms with Crippen molar-refractivity contribution in [2.45, 2.75) is 129 Å². The number of aryl methyl sites for hydroxylation is 1. The van der Waals surface area contributed by atoms with Crippen LogP contribution in [0.25, 0.3) is 0 Å². The molecule has 4 aliphatic carbocycles. The van der Waals surface area contributed by atoms with Crippen molar-refractivity contribution in [3.8, 4) is 0 Å². The second kappa shape index (κ2) is 12.3. The molecule has 4 aliphatic rings. The van der Waals surface area contributed by atoms with Crippen molar-refractivity contribution in [2.75, 3.05) is 6.61 Å². The average molecular weight is 596 g/mol. The van der Waals surface area contributed by atoms with Crippen molar-refractivity contribution in [3.63, 3.8) is 0 Å². The highest BCUT2D eigenvalue weighted by Crippen LogP contribution is 2.60. The molecule has 7 heteroatoms. The number of carbonyl (C=O) groups excluding carboxylic acids is 1. The van der Waals surface area contributed by atoms with Gasteiger partial charge in [-0.15, -0.1) is 0 Å². The van der Waals surface area contributed by atoms with Gasteiger partial charge >= 0.3 is 5.97 Å². The van der Waals surface area contributed by atoms with Gasteiger partial charge in [-0.1, -0.05) is 38.2 Å². The Morgan fingerprint density at radius 1 is 1.23 bits per heavy atom. The zero-order chi connectivity index (χ0) is 31.2. The minimum absolute atomic E-state index is 0.215. The van der Waals surface area contributed by atoms with Gasteiger partial charge in [0.2, 0.25) is 5.89 Å². The smallest absolute Gasteiger partial charge is 0.314 e. The number of carbonyl (C=O) groups is 1. The van der Waals surface area contributed by atoms with Crippen molar-refractivity contribution in [3.05, 3.63) is 53.3 Å². The Kier molecular flexibility index (Phi) is 9.20. The molecule has 5 rings (SSSR count). The number of ether oxygens (including phenoxy) is 1. The molecule has 3 N–H and O–H groups in total. The summed E-state index contributed by atoms with van der Waals surface area (Å²) in [5.74, 6) is 1.87. The predicted molar refractivity (Wildman–Crippen MR) is 166 cm³/mol. The molecule has 1 aromatic heterocycles. The molecule has 0 spiro atoms. The predicted octanol–water partition coefficient (Wildman–Crippen LogP) is 6.50. The van der Waals surface area contributed by atoms with Crippen molar-refractivity contribution >= 4 is 5.97 Å². The minimum atomic E-state index is -0.959. The molecular weight excluding hydrogens is 542 g/mol. The van der Waals surface area contributed by atoms with Gasteiger partial charge in [0.25, 0.3) is 0 Å². The third-order valence-corrected chi connectivity index (χ3v) is 11.5. The van der Waals surface area contributed by atoms with E-state index in [1.165, 1.54) is 31.3 Å². The zero-order valence-electron chi connectivity index (χ0n) is 26.9. The summed E-state index contributed by atoms with van der Waals surface area (Å²) in [6.07, 6.45) is 14.8. The maximum Gasteiger partial charge on any atom is 0.314 e. The topological polar surface area (TPSA) is 113 Å². The molecule has 0 aromatic carbocycles. The Labute approximate surface area is 257 Å². The molecule has 1 heterocycles. The molecular formula is C36H53NO6. The molecule has 7 atom stereocenters. The van der Waals surface area contributed by atoms with E-state index in [0.717, 1.165) is 48.9 Å². The summed E-state index contributed by atoms with van der Waals surface area (Å²) in [7, 11) is 0. The van der Waals surface area contributed by atoms with Crippen LogP contribution in [0.5, 0.6) is 0 Å². The fraction of sp³-hybridized carbons (Fsp3) is 0.722. The van der Waals surface area contributed by atoms with Gasteiger partial charge < -0.3 is 24.5 Å². The maximum absolute atomic E-state index is 13.1. The third kappa shape index (κ3) is 6.32. The Hall–Kier alpha value is -2.22. The van der Waals surface area contributed by atoms with Crippen molar-refractivity contribution < 1.29 is 29.3 Å². The highest BCUT2D eigenvalue weighted by molar-refractivity contribution is 5.76. The number of nitrogens with zero attached hydrogens (tertiary/aromatic N) is 1. The first-order valence-electron chi connectivity index (χ1n) is 16.5. The quantitative estimate of drug-likeness (QED) is 0.265. The molecule has 238 valence electrons. The van der Waals surface area contributed by atoms with E-state index >= 15 is 0 Å². The lowest BCUT2D eigenvalue weighted by Gasteiger charge is -2.44. The van der Waals surface area contributed by atoms with E-state index in [-0.39, 0.29) is 29.5 Å². The number of aliphatic hydroxyl groups is 3. The summed E-state index contributed by atoms with van der Waals surface area (Å²) in [6.45, 7) is 14.1. The van der Waals surface area contributed by atoms with E-state index < -0.39 is 17.6 Å². The third-order valence-electron chi connectivity index (χ3n) is 11.5. The molecule has 1 aromatic rings. The summed E-state index contributed by atoms with van der Waals surface area (Å²) in [5, 5.41) is 30.3. The number of oxazole rings is 1. The van der Waals surface area contributed by atoms with E-state index in [1.807, 2.05) is 6.92 Å². The van der Waals surface area contributed by atoms with Crippen LogP contribution in [0.2, 0.25) is 0 Å². The van der Waals surface area contributed by atoms with Gasteiger partial charge in [0.1, 0.15) is 12.4 Å². The summed E-state index contributed by atoms with van der Waals surface area (Å²) >= 11 is 0. The fourth-order valence-electron chi connectivity index (χ4n) is 8.49. The number of aliphatic hydroxyl groups excluding tert-OH is 3. The molecule has 0 radical (unpaired) electrons. The number of hydrogen-bond donors (Lipinski definition) is 3. The first-order chi connectivity index (χ1) is 20.3. The number of esters is 1. The molecule has 0 bridgehead atoms. The molecule has 0 amide bonds. The summed E-state index contributed by atoms with van der Waals surface area (Å²) in [4.78, 5) is 17.8. The SMILES string of the molecule is C=C1C(=CC=C2CCC[C@]3(C)[C@@H]([C@H](C)CC[C@H](OC(=O)C(C)(C)CO)C4(c5nc(C)co5)CC4)CC[C@@H]23)C[C@@H](O)C[C@@H]1O. The van der Waals surface area contributed by atoms with Gasteiger partial charge in [0.15, 0.2) is 0 Å². The van der Waals surface area contributed by atoms with E-state index in [2.05, 4.69) is 37.6 Å². The first-order valence-corrected chi connectivity index (χ1v) is 16.5. The van der Waals surface area contributed by atoms with Gasteiger partial charge in [0.05, 0.1) is 35.3 Å². The number of allylic oxidation sites excluding steroid dienone is 3. The molecule has 0 saturated heterocycles. The van der Waals surface area contributed by atoms with Gasteiger partial charge in [-0.25, -0.2) is 4.98 Å². The van der Waals surface area contributed by atoms with Crippen LogP contribution >= 0.6 is 0 Å². The van der Waals surface area contributed by atoms with Crippen LogP contribution in [0.3, 0.4) is 0 Å². The molecule has 43 heavy (non-hydrogen) atoms. The Morgan fingerprint density at radius 3 is 2.63 bits per heavy atom. The van der Waals surface area contributed by atoms with Crippen molar-refractivity contribution in [1.29, 1.82) is 0 Å². The van der Waals surface area contributed by atoms with Gasteiger partial charge in [-0.3, -0.25) is 4.79 Å². The van der Waals surface area contributed by atoms with Crippen LogP contribution in [0.15, 0.2) is 46.1 Å². The number of rotatable bonds is 10. The monoisotopic (exact) mass is 595 g/mol. The lowest BCUT2D eigenvalue weighted by Crippen LogP contribution is -2.39. The Balaban J connectivity index is 1.30. The van der Waals surface area contributed by atoms with Crippen LogP contribution in [0.4, 0.5) is 0 Å². The highest BCUT2D eigenvalue weighted by Gasteiger charge is 2.57. The second-order valence-electron chi connectivity index (χ2n) is 15.1. The Bertz CT molecular complexity index is 1250. The summed E-state index contributed by atoms with van der Waals surface area (Å²) in [5.41, 5.74) is 2.91. The largest absolute Gasteiger partial charge is 0.461 e. The summed E-state index contributed by atoms with van der Waals surface area (Å²) < 4.78 is 12.1. The van der Waals surface area contributed by atoms with E-state index in [9.17, 15) is 20.1 Å². The average Bonchev–Trinajstić information content (AvgIpc) is 3.52. The fourth-order valence-corrected chi connectivity index (χ4v) is 8.49. The van der Waals surface area contributed by atoms with Crippen LogP contribution < -0.4 is 0 Å². The van der Waals surface area contributed by atoms with Crippen LogP contribution in [0, 0.1) is 35.5 Å². The lowest BCUT2D eigenvalue weighted by molar-refractivity contribution is -0.164. The van der Waals surface area contributed by atoms with Crippen LogP contribution in [-0.4, -0.2) is 51.2 Å². The summed E-state index contributed by atoms with van der Waals surface area (Å²) in [6, 6.07) is 0. The van der Waals surface area contributed by atoms with E-state index in [4.69, 9.17) is 9.15 Å². The first kappa shape index (κ1) is 32.2. The van der Waals surface area contributed by atoms with Crippen LogP contribution in [-0.2, 0) is 14.9 Å². The van der Waals surface area contributed by atoms with E-state index in [0.29, 0.717) is 36.5 Å². The Morgan fingerprint density at radius 2 is 1.98 bits per heavy atom. The van der Waals surface area contributed by atoms with Gasteiger partial charge in [-0.05, 0) is 119 Å². The molecule has 4 fully saturated rings. The standard InChI is InChI=1S/C36H53NO6/c1-22(9-14-31(43-33(41)34(4,5)21-38)36(16-17-36)32-37-23(2)20-42-32)28-12-13-29-25(8-7-15-35(28,29)6)10-11-26-18-27(39)19-30(40)24(26)3/h10-11,20,22,27-31,38-40H,3,7-9,12-19,21H2,1-2,4-6H3/t22-,27-,28-,29+,30+,31+,35-/m1/s1. The maximum atomic E-state index is 13.1. The number of fused-ring (bicyclic) bond motifs is 1. The second-order valence-corrected chi connectivity index (χ2v) is 15.1. The number of hydrogen-bond acceptors (Lipinski definition) is 7. The van der Waals surface area contributed by atoms with Gasteiger partial charge in [-0.2, -0.15) is 0 Å². The lowest BCUT2D eigenvalue weighted by atomic mass is 9.60. The molecule has 4 saturated carbocycles. The van der Waals surface area contributed by atoms with Crippen molar-refractivity contribution in [1.82, 2.24) is 4.98 Å². The van der Waals surface area contributed by atoms with Crippen LogP contribution in [0.1, 0.15) is 110 Å². The number of aromatic nitrogens is 1. The van der Waals surface area contributed by atoms with Gasteiger partial charge in [0, 0.05) is 6.42 Å². The van der Waals surface area contributed by atoms with Crippen molar-refractivity contribution in [2.24, 2.45) is 28.6 Å². The molecule has 7 nitrogen and oxygen atoms in total.